The van der Waals surface area contributed by atoms with Gasteiger partial charge in [0.1, 0.15) is 0 Å². The van der Waals surface area contributed by atoms with Gasteiger partial charge >= 0.3 is 0 Å². The first-order valence-corrected chi connectivity index (χ1v) is 8.93. The lowest BCUT2D eigenvalue weighted by Gasteiger charge is -2.24. The van der Waals surface area contributed by atoms with Crippen LogP contribution in [-0.2, 0) is 9.84 Å². The lowest BCUT2D eigenvalue weighted by atomic mass is 10.1. The molecule has 1 aromatic carbocycles. The average molecular weight is 310 g/mol. The molecule has 5 nitrogen and oxygen atoms in total. The lowest BCUT2D eigenvalue weighted by Crippen LogP contribution is -2.37. The molecule has 1 N–H and O–H groups in total. The second kappa shape index (κ2) is 4.60. The Morgan fingerprint density at radius 3 is 2.85 bits per heavy atom. The van der Waals surface area contributed by atoms with Crippen molar-refractivity contribution in [1.82, 2.24) is 0 Å². The minimum atomic E-state index is -3.02. The van der Waals surface area contributed by atoms with Gasteiger partial charge in [-0.05, 0) is 19.1 Å². The Hall–Kier alpha value is -1.34. The third-order valence-electron chi connectivity index (χ3n) is 3.62. The molecule has 0 aliphatic carbocycles. The van der Waals surface area contributed by atoms with E-state index in [-0.39, 0.29) is 28.6 Å². The lowest BCUT2D eigenvalue weighted by molar-refractivity contribution is 0.101. The zero-order chi connectivity index (χ0) is 14.5. The molecule has 0 bridgehead atoms. The maximum atomic E-state index is 11.7. The predicted octanol–water partition coefficient (Wildman–Crippen LogP) is 1.54. The van der Waals surface area contributed by atoms with Crippen molar-refractivity contribution in [2.75, 3.05) is 16.4 Å². The number of carbonyl (C=O) groups excluding carboxylic acids is 1. The molecule has 2 aliphatic rings. The molecule has 0 radical (unpaired) electrons. The molecular weight excluding hydrogens is 296 g/mol. The molecule has 2 atom stereocenters. The molecule has 106 valence electrons. The van der Waals surface area contributed by atoms with Crippen LogP contribution in [-0.4, -0.2) is 42.2 Å². The van der Waals surface area contributed by atoms with Crippen LogP contribution in [0, 0.1) is 5.41 Å². The van der Waals surface area contributed by atoms with Gasteiger partial charge < -0.3 is 4.90 Å². The molecule has 2 saturated heterocycles. The molecule has 0 saturated carbocycles. The van der Waals surface area contributed by atoms with Gasteiger partial charge in [-0.2, -0.15) is 0 Å². The van der Waals surface area contributed by atoms with E-state index in [0.29, 0.717) is 10.7 Å². The zero-order valence-corrected chi connectivity index (χ0v) is 12.5. The largest absolute Gasteiger partial charge is 0.316 e. The van der Waals surface area contributed by atoms with Crippen molar-refractivity contribution in [2.24, 2.45) is 0 Å². The molecule has 2 unspecified atom stereocenters. The number of nitrogens with one attached hydrogen (secondary N) is 1. The van der Waals surface area contributed by atoms with Crippen molar-refractivity contribution in [2.45, 2.75) is 18.2 Å². The van der Waals surface area contributed by atoms with E-state index in [9.17, 15) is 13.2 Å². The van der Waals surface area contributed by atoms with Crippen LogP contribution in [0.2, 0.25) is 0 Å². The number of ketones is 1. The fourth-order valence-corrected chi connectivity index (χ4v) is 6.48. The van der Waals surface area contributed by atoms with Crippen LogP contribution in [0.3, 0.4) is 0 Å². The number of carbonyl (C=O) groups is 1. The van der Waals surface area contributed by atoms with Gasteiger partial charge in [0.15, 0.2) is 20.8 Å². The number of amidine groups is 1. The Kier molecular flexibility index (Phi) is 3.13. The third kappa shape index (κ3) is 2.25. The summed E-state index contributed by atoms with van der Waals surface area (Å²) in [5.74, 6) is 0.172. The number of benzene rings is 1. The van der Waals surface area contributed by atoms with Crippen LogP contribution < -0.4 is 4.90 Å². The Labute approximate surface area is 121 Å². The van der Waals surface area contributed by atoms with Gasteiger partial charge in [0.25, 0.3) is 0 Å². The van der Waals surface area contributed by atoms with Gasteiger partial charge in [0, 0.05) is 16.5 Å². The monoisotopic (exact) mass is 310 g/mol. The molecule has 0 aromatic heterocycles. The van der Waals surface area contributed by atoms with Crippen LogP contribution >= 0.6 is 11.8 Å². The number of hydrogen-bond donors (Lipinski definition) is 1. The summed E-state index contributed by atoms with van der Waals surface area (Å²) in [7, 11) is -3.02. The SMILES string of the molecule is CC(=O)c1cccc(N2C(=N)SC3CS(=O)(=O)CC32)c1. The minimum absolute atomic E-state index is 0.0409. The van der Waals surface area contributed by atoms with E-state index in [1.54, 1.807) is 23.1 Å². The van der Waals surface area contributed by atoms with Gasteiger partial charge in [-0.25, -0.2) is 8.42 Å². The number of sulfone groups is 1. The molecule has 20 heavy (non-hydrogen) atoms. The van der Waals surface area contributed by atoms with E-state index in [0.717, 1.165) is 5.69 Å². The van der Waals surface area contributed by atoms with Gasteiger partial charge in [-0.3, -0.25) is 10.2 Å². The number of hydrogen-bond acceptors (Lipinski definition) is 5. The molecule has 3 rings (SSSR count). The highest BCUT2D eigenvalue weighted by molar-refractivity contribution is 8.15. The standard InChI is InChI=1S/C13H14N2O3S2/c1-8(16)9-3-2-4-10(5-9)15-11-6-20(17,18)7-12(11)19-13(15)14/h2-5,11-12,14H,6-7H2,1H3. The normalized spacial score (nSPS) is 27.6. The minimum Gasteiger partial charge on any atom is -0.316 e. The molecule has 1 aromatic rings. The van der Waals surface area contributed by atoms with Crippen molar-refractivity contribution in [1.29, 1.82) is 5.41 Å². The summed E-state index contributed by atoms with van der Waals surface area (Å²) in [5.41, 5.74) is 1.30. The van der Waals surface area contributed by atoms with Gasteiger partial charge in [0.05, 0.1) is 17.5 Å². The van der Waals surface area contributed by atoms with Crippen LogP contribution in [0.5, 0.6) is 0 Å². The summed E-state index contributed by atoms with van der Waals surface area (Å²) in [6.07, 6.45) is 0. The number of fused-ring (bicyclic) bond motifs is 1. The van der Waals surface area contributed by atoms with E-state index >= 15 is 0 Å². The Bertz CT molecular complexity index is 699. The quantitative estimate of drug-likeness (QED) is 0.838. The highest BCUT2D eigenvalue weighted by Gasteiger charge is 2.48. The van der Waals surface area contributed by atoms with Crippen molar-refractivity contribution in [3.63, 3.8) is 0 Å². The van der Waals surface area contributed by atoms with E-state index in [1.807, 2.05) is 6.07 Å². The van der Waals surface area contributed by atoms with Crippen molar-refractivity contribution in [3.8, 4) is 0 Å². The average Bonchev–Trinajstić information content (AvgIpc) is 2.79. The van der Waals surface area contributed by atoms with Crippen LogP contribution in [0.4, 0.5) is 5.69 Å². The van der Waals surface area contributed by atoms with Gasteiger partial charge in [-0.1, -0.05) is 23.9 Å². The second-order valence-electron chi connectivity index (χ2n) is 5.08. The molecular formula is C13H14N2O3S2. The van der Waals surface area contributed by atoms with Crippen LogP contribution in [0.25, 0.3) is 0 Å². The molecule has 7 heteroatoms. The predicted molar refractivity (Wildman–Crippen MR) is 80.5 cm³/mol. The first kappa shape index (κ1) is 13.6. The summed E-state index contributed by atoms with van der Waals surface area (Å²) in [5, 5.41) is 8.34. The highest BCUT2D eigenvalue weighted by Crippen LogP contribution is 2.40. The molecule has 2 heterocycles. The number of Topliss-reactive ketones (excluding diaryl/α,β-unsaturated/α-hetero) is 1. The topological polar surface area (TPSA) is 78.3 Å². The highest BCUT2D eigenvalue weighted by atomic mass is 32.2. The van der Waals surface area contributed by atoms with Gasteiger partial charge in [-0.15, -0.1) is 0 Å². The van der Waals surface area contributed by atoms with E-state index < -0.39 is 9.84 Å². The van der Waals surface area contributed by atoms with Crippen molar-refractivity contribution in [3.05, 3.63) is 29.8 Å². The van der Waals surface area contributed by atoms with E-state index in [4.69, 9.17) is 5.41 Å². The smallest absolute Gasteiger partial charge is 0.161 e. The number of rotatable bonds is 2. The summed E-state index contributed by atoms with van der Waals surface area (Å²) in [4.78, 5) is 13.2. The first-order chi connectivity index (χ1) is 9.37. The van der Waals surface area contributed by atoms with Crippen LogP contribution in [0.1, 0.15) is 17.3 Å². The summed E-state index contributed by atoms with van der Waals surface area (Å²) in [6.45, 7) is 1.49. The maximum Gasteiger partial charge on any atom is 0.161 e. The van der Waals surface area contributed by atoms with E-state index in [2.05, 4.69) is 0 Å². The molecule has 2 aliphatic heterocycles. The third-order valence-corrected chi connectivity index (χ3v) is 6.75. The summed E-state index contributed by atoms with van der Waals surface area (Å²) < 4.78 is 23.5. The van der Waals surface area contributed by atoms with E-state index in [1.165, 1.54) is 18.7 Å². The Morgan fingerprint density at radius 2 is 2.15 bits per heavy atom. The molecule has 2 fully saturated rings. The number of thioether (sulfide) groups is 1. The van der Waals surface area contributed by atoms with Crippen molar-refractivity contribution < 1.29 is 13.2 Å². The van der Waals surface area contributed by atoms with Gasteiger partial charge in [0.2, 0.25) is 0 Å². The maximum absolute atomic E-state index is 11.7. The molecule has 0 spiro atoms. The fraction of sp³-hybridized carbons (Fsp3) is 0.385. The molecule has 0 amide bonds. The Morgan fingerprint density at radius 1 is 1.40 bits per heavy atom. The summed E-state index contributed by atoms with van der Waals surface area (Å²) in [6, 6.07) is 6.83. The van der Waals surface area contributed by atoms with Crippen LogP contribution in [0.15, 0.2) is 24.3 Å². The first-order valence-electron chi connectivity index (χ1n) is 6.23. The number of nitrogens with zero attached hydrogens (tertiary/aromatic N) is 1. The second-order valence-corrected chi connectivity index (χ2v) is 8.46. The Balaban J connectivity index is 1.99. The summed E-state index contributed by atoms with van der Waals surface area (Å²) >= 11 is 1.30. The fourth-order valence-electron chi connectivity index (χ4n) is 2.68. The zero-order valence-electron chi connectivity index (χ0n) is 10.9. The van der Waals surface area contributed by atoms with Crippen molar-refractivity contribution >= 4 is 38.2 Å². The number of anilines is 1.